The SMILES string of the molecule is Oc1ccc(CNCCc2ccncc2)cc1O. The zero-order valence-electron chi connectivity index (χ0n) is 10.0. The van der Waals surface area contributed by atoms with Gasteiger partial charge in [-0.05, 0) is 48.4 Å². The Morgan fingerprint density at radius 3 is 2.44 bits per heavy atom. The minimum absolute atomic E-state index is 0.0802. The second-order valence-corrected chi connectivity index (χ2v) is 4.11. The number of nitrogens with one attached hydrogen (secondary N) is 1. The Kier molecular flexibility index (Phi) is 4.15. The van der Waals surface area contributed by atoms with Crippen LogP contribution >= 0.6 is 0 Å². The minimum Gasteiger partial charge on any atom is -0.504 e. The van der Waals surface area contributed by atoms with Crippen molar-refractivity contribution in [3.05, 3.63) is 53.9 Å². The van der Waals surface area contributed by atoms with Gasteiger partial charge in [0.05, 0.1) is 0 Å². The largest absolute Gasteiger partial charge is 0.504 e. The smallest absolute Gasteiger partial charge is 0.157 e. The van der Waals surface area contributed by atoms with Crippen LogP contribution in [0.25, 0.3) is 0 Å². The third-order valence-corrected chi connectivity index (χ3v) is 2.71. The first-order valence-corrected chi connectivity index (χ1v) is 5.86. The molecule has 3 N–H and O–H groups in total. The molecule has 0 unspecified atom stereocenters. The predicted octanol–water partition coefficient (Wildman–Crippen LogP) is 1.83. The summed E-state index contributed by atoms with van der Waals surface area (Å²) in [5.74, 6) is -0.168. The van der Waals surface area contributed by atoms with Crippen LogP contribution in [-0.4, -0.2) is 21.7 Å². The molecule has 0 atom stereocenters. The van der Waals surface area contributed by atoms with E-state index in [1.54, 1.807) is 24.5 Å². The van der Waals surface area contributed by atoms with Gasteiger partial charge < -0.3 is 15.5 Å². The van der Waals surface area contributed by atoms with Gasteiger partial charge in [0.25, 0.3) is 0 Å². The van der Waals surface area contributed by atoms with Crippen LogP contribution in [0.4, 0.5) is 0 Å². The van der Waals surface area contributed by atoms with E-state index in [0.29, 0.717) is 6.54 Å². The highest BCUT2D eigenvalue weighted by Gasteiger charge is 2.00. The summed E-state index contributed by atoms with van der Waals surface area (Å²) in [6, 6.07) is 8.83. The Balaban J connectivity index is 1.77. The zero-order valence-corrected chi connectivity index (χ0v) is 10.0. The lowest BCUT2D eigenvalue weighted by atomic mass is 10.2. The summed E-state index contributed by atoms with van der Waals surface area (Å²) < 4.78 is 0. The number of phenols is 2. The van der Waals surface area contributed by atoms with Crippen LogP contribution in [0.2, 0.25) is 0 Å². The topological polar surface area (TPSA) is 65.4 Å². The van der Waals surface area contributed by atoms with Crippen molar-refractivity contribution in [3.63, 3.8) is 0 Å². The molecule has 4 nitrogen and oxygen atoms in total. The van der Waals surface area contributed by atoms with Crippen molar-refractivity contribution in [2.24, 2.45) is 0 Å². The van der Waals surface area contributed by atoms with Crippen LogP contribution in [0.1, 0.15) is 11.1 Å². The van der Waals surface area contributed by atoms with Gasteiger partial charge in [0, 0.05) is 18.9 Å². The van der Waals surface area contributed by atoms with Gasteiger partial charge in [-0.3, -0.25) is 4.98 Å². The second kappa shape index (κ2) is 6.02. The summed E-state index contributed by atoms with van der Waals surface area (Å²) in [6.07, 6.45) is 4.51. The summed E-state index contributed by atoms with van der Waals surface area (Å²) in [7, 11) is 0. The van der Waals surface area contributed by atoms with Gasteiger partial charge >= 0.3 is 0 Å². The maximum atomic E-state index is 9.35. The predicted molar refractivity (Wildman–Crippen MR) is 69.4 cm³/mol. The van der Waals surface area contributed by atoms with E-state index < -0.39 is 0 Å². The maximum Gasteiger partial charge on any atom is 0.157 e. The van der Waals surface area contributed by atoms with Gasteiger partial charge in [0.1, 0.15) is 0 Å². The van der Waals surface area contributed by atoms with E-state index in [4.69, 9.17) is 0 Å². The number of pyridine rings is 1. The Morgan fingerprint density at radius 1 is 0.944 bits per heavy atom. The third kappa shape index (κ3) is 3.46. The normalized spacial score (nSPS) is 10.4. The molecule has 0 aliphatic carbocycles. The standard InChI is InChI=1S/C14H16N2O2/c17-13-2-1-12(9-14(13)18)10-16-8-5-11-3-6-15-7-4-11/h1-4,6-7,9,16-18H,5,8,10H2. The van der Waals surface area contributed by atoms with Crippen molar-refractivity contribution in [2.45, 2.75) is 13.0 Å². The number of aromatic nitrogens is 1. The number of nitrogens with zero attached hydrogens (tertiary/aromatic N) is 1. The van der Waals surface area contributed by atoms with Crippen LogP contribution < -0.4 is 5.32 Å². The second-order valence-electron chi connectivity index (χ2n) is 4.11. The molecule has 0 spiro atoms. The van der Waals surface area contributed by atoms with Gasteiger partial charge in [0.15, 0.2) is 11.5 Å². The van der Waals surface area contributed by atoms with Gasteiger partial charge in [-0.15, -0.1) is 0 Å². The summed E-state index contributed by atoms with van der Waals surface area (Å²) in [4.78, 5) is 3.97. The molecule has 2 aromatic rings. The van der Waals surface area contributed by atoms with Crippen LogP contribution in [-0.2, 0) is 13.0 Å². The molecule has 0 saturated carbocycles. The molecule has 1 heterocycles. The molecule has 0 radical (unpaired) electrons. The molecule has 0 fully saturated rings. The van der Waals surface area contributed by atoms with Crippen LogP contribution in [0.5, 0.6) is 11.5 Å². The van der Waals surface area contributed by atoms with Crippen molar-refractivity contribution in [2.75, 3.05) is 6.54 Å². The first kappa shape index (κ1) is 12.4. The average Bonchev–Trinajstić information content (AvgIpc) is 2.40. The fraction of sp³-hybridized carbons (Fsp3) is 0.214. The van der Waals surface area contributed by atoms with E-state index in [1.165, 1.54) is 11.6 Å². The Labute approximate surface area is 106 Å². The fourth-order valence-corrected chi connectivity index (χ4v) is 1.69. The molecular formula is C14H16N2O2. The molecule has 0 aliphatic rings. The third-order valence-electron chi connectivity index (χ3n) is 2.71. The molecule has 0 amide bonds. The van der Waals surface area contributed by atoms with Crippen LogP contribution in [0.3, 0.4) is 0 Å². The molecule has 94 valence electrons. The summed E-state index contributed by atoms with van der Waals surface area (Å²) >= 11 is 0. The van der Waals surface area contributed by atoms with E-state index >= 15 is 0 Å². The first-order valence-electron chi connectivity index (χ1n) is 5.86. The highest BCUT2D eigenvalue weighted by Crippen LogP contribution is 2.24. The average molecular weight is 244 g/mol. The number of aromatic hydroxyl groups is 2. The Morgan fingerprint density at radius 2 is 1.72 bits per heavy atom. The molecule has 1 aromatic heterocycles. The van der Waals surface area contributed by atoms with Gasteiger partial charge in [0.2, 0.25) is 0 Å². The summed E-state index contributed by atoms with van der Waals surface area (Å²) in [5.41, 5.74) is 2.19. The van der Waals surface area contributed by atoms with E-state index in [1.807, 2.05) is 12.1 Å². The molecular weight excluding hydrogens is 228 g/mol. The quantitative estimate of drug-likeness (QED) is 0.554. The molecule has 0 aliphatic heterocycles. The highest BCUT2D eigenvalue weighted by molar-refractivity contribution is 5.40. The van der Waals surface area contributed by atoms with Crippen molar-refractivity contribution >= 4 is 0 Å². The van der Waals surface area contributed by atoms with E-state index in [2.05, 4.69) is 10.3 Å². The van der Waals surface area contributed by atoms with Crippen LogP contribution in [0.15, 0.2) is 42.7 Å². The van der Waals surface area contributed by atoms with Gasteiger partial charge in [-0.2, -0.15) is 0 Å². The molecule has 2 rings (SSSR count). The number of hydrogen-bond acceptors (Lipinski definition) is 4. The molecule has 4 heteroatoms. The molecule has 1 aromatic carbocycles. The van der Waals surface area contributed by atoms with Gasteiger partial charge in [-0.1, -0.05) is 6.07 Å². The Hall–Kier alpha value is -2.07. The lowest BCUT2D eigenvalue weighted by Gasteiger charge is -2.06. The van der Waals surface area contributed by atoms with Crippen LogP contribution in [0, 0.1) is 0 Å². The van der Waals surface area contributed by atoms with Crippen molar-refractivity contribution < 1.29 is 10.2 Å². The van der Waals surface area contributed by atoms with Crippen molar-refractivity contribution in [1.82, 2.24) is 10.3 Å². The summed E-state index contributed by atoms with van der Waals surface area (Å²) in [6.45, 7) is 1.52. The number of hydrogen-bond donors (Lipinski definition) is 3. The maximum absolute atomic E-state index is 9.35. The minimum atomic E-state index is -0.0875. The molecule has 18 heavy (non-hydrogen) atoms. The molecule has 0 bridgehead atoms. The van der Waals surface area contributed by atoms with Gasteiger partial charge in [-0.25, -0.2) is 0 Å². The number of benzene rings is 1. The fourth-order valence-electron chi connectivity index (χ4n) is 1.69. The van der Waals surface area contributed by atoms with Crippen molar-refractivity contribution in [3.8, 4) is 11.5 Å². The van der Waals surface area contributed by atoms with E-state index in [9.17, 15) is 10.2 Å². The van der Waals surface area contributed by atoms with E-state index in [0.717, 1.165) is 18.5 Å². The molecule has 0 saturated heterocycles. The zero-order chi connectivity index (χ0) is 12.8. The summed E-state index contributed by atoms with van der Waals surface area (Å²) in [5, 5.41) is 21.8. The lowest BCUT2D eigenvalue weighted by molar-refractivity contribution is 0.403. The van der Waals surface area contributed by atoms with Crippen molar-refractivity contribution in [1.29, 1.82) is 0 Å². The number of rotatable bonds is 5. The Bertz CT molecular complexity index is 500. The monoisotopic (exact) mass is 244 g/mol. The first-order chi connectivity index (χ1) is 8.75. The highest BCUT2D eigenvalue weighted by atomic mass is 16.3. The lowest BCUT2D eigenvalue weighted by Crippen LogP contribution is -2.16. The van der Waals surface area contributed by atoms with E-state index in [-0.39, 0.29) is 11.5 Å². The number of phenolic OH excluding ortho intramolecular Hbond substituents is 2.